The molecule has 0 spiro atoms. The molecule has 0 N–H and O–H groups in total. The fourth-order valence-corrected chi connectivity index (χ4v) is 4.44. The molecule has 3 rings (SSSR count). The number of nitrogens with zero attached hydrogens (tertiary/aromatic N) is 2. The van der Waals surface area contributed by atoms with Gasteiger partial charge in [0.05, 0.1) is 24.0 Å². The lowest BCUT2D eigenvalue weighted by atomic mass is 9.81. The molecule has 0 amide bonds. The molecule has 0 atom stereocenters. The number of hydrogen-bond acceptors (Lipinski definition) is 4. The summed E-state index contributed by atoms with van der Waals surface area (Å²) in [5.74, 6) is 0.831. The van der Waals surface area contributed by atoms with Gasteiger partial charge in [-0.05, 0) is 52.0 Å². The zero-order chi connectivity index (χ0) is 19.3. The predicted molar refractivity (Wildman–Crippen MR) is 109 cm³/mol. The number of ether oxygens (including phenoxy) is 1. The third-order valence-electron chi connectivity index (χ3n) is 5.30. The predicted octanol–water partition coefficient (Wildman–Crippen LogP) is 2.73. The maximum Gasteiger partial charge on any atom is 0.497 e. The van der Waals surface area contributed by atoms with Crippen LogP contribution in [-0.2, 0) is 9.31 Å². The molecule has 26 heavy (non-hydrogen) atoms. The molecule has 1 aliphatic heterocycles. The van der Waals surface area contributed by atoms with Gasteiger partial charge in [0, 0.05) is 17.0 Å². The van der Waals surface area contributed by atoms with Gasteiger partial charge < -0.3 is 14.0 Å². The van der Waals surface area contributed by atoms with Gasteiger partial charge in [-0.2, -0.15) is 5.10 Å². The SMILES string of the molecule is COc1ccc(-n2cc(B3OC(C)(C)C(C)(C)O3)c([Si](C)(C)C)n2)cc1. The van der Waals surface area contributed by atoms with Crippen molar-refractivity contribution in [3.63, 3.8) is 0 Å². The van der Waals surface area contributed by atoms with E-state index >= 15 is 0 Å². The summed E-state index contributed by atoms with van der Waals surface area (Å²) in [4.78, 5) is 0. The summed E-state index contributed by atoms with van der Waals surface area (Å²) in [6, 6.07) is 7.90. The van der Waals surface area contributed by atoms with E-state index in [1.807, 2.05) is 28.9 Å². The van der Waals surface area contributed by atoms with E-state index in [9.17, 15) is 0 Å². The average Bonchev–Trinajstić information content (AvgIpc) is 3.07. The fourth-order valence-electron chi connectivity index (χ4n) is 2.98. The molecule has 0 unspecified atom stereocenters. The monoisotopic (exact) mass is 372 g/mol. The van der Waals surface area contributed by atoms with Crippen molar-refractivity contribution in [2.24, 2.45) is 0 Å². The van der Waals surface area contributed by atoms with Gasteiger partial charge in [0.15, 0.2) is 0 Å². The summed E-state index contributed by atoms with van der Waals surface area (Å²) in [7, 11) is -0.410. The standard InChI is InChI=1S/C19H29BN2O3Si/c1-18(2)19(3,4)25-20(24-18)16-13-22(21-17(16)26(6,7)8)14-9-11-15(23-5)12-10-14/h9-13H,1-8H3. The number of methoxy groups -OCH3 is 1. The van der Waals surface area contributed by atoms with Crippen molar-refractivity contribution in [2.75, 3.05) is 7.11 Å². The van der Waals surface area contributed by atoms with Crippen LogP contribution in [0, 0.1) is 0 Å². The van der Waals surface area contributed by atoms with Crippen LogP contribution in [0.2, 0.25) is 19.6 Å². The van der Waals surface area contributed by atoms with Crippen molar-refractivity contribution in [3.05, 3.63) is 30.5 Å². The molecule has 0 radical (unpaired) electrons. The van der Waals surface area contributed by atoms with Crippen molar-refractivity contribution in [3.8, 4) is 11.4 Å². The van der Waals surface area contributed by atoms with Crippen LogP contribution in [0.4, 0.5) is 0 Å². The highest BCUT2D eigenvalue weighted by Gasteiger charge is 2.53. The Morgan fingerprint density at radius 1 is 1.00 bits per heavy atom. The molecule has 1 saturated heterocycles. The van der Waals surface area contributed by atoms with Gasteiger partial charge in [-0.25, -0.2) is 4.68 Å². The molecule has 7 heteroatoms. The van der Waals surface area contributed by atoms with Gasteiger partial charge in [0.25, 0.3) is 0 Å². The molecule has 0 bridgehead atoms. The second kappa shape index (κ2) is 6.25. The summed E-state index contributed by atoms with van der Waals surface area (Å²) in [6.45, 7) is 15.2. The molecule has 1 fully saturated rings. The first-order valence-electron chi connectivity index (χ1n) is 9.05. The second-order valence-electron chi connectivity index (χ2n) is 8.91. The summed E-state index contributed by atoms with van der Waals surface area (Å²) in [6.07, 6.45) is 2.05. The van der Waals surface area contributed by atoms with E-state index in [0.29, 0.717) is 0 Å². The Bertz CT molecular complexity index is 778. The van der Waals surface area contributed by atoms with Crippen LogP contribution in [0.25, 0.3) is 5.69 Å². The molecule has 0 aliphatic carbocycles. The fraction of sp³-hybridized carbons (Fsp3) is 0.526. The number of benzene rings is 1. The molecule has 1 aromatic carbocycles. The van der Waals surface area contributed by atoms with Crippen molar-refractivity contribution in [1.29, 1.82) is 0 Å². The highest BCUT2D eigenvalue weighted by molar-refractivity contribution is 6.91. The first kappa shape index (κ1) is 19.2. The lowest BCUT2D eigenvalue weighted by Gasteiger charge is -2.32. The van der Waals surface area contributed by atoms with Gasteiger partial charge in [0.1, 0.15) is 13.8 Å². The molecule has 5 nitrogen and oxygen atoms in total. The number of aromatic nitrogens is 2. The van der Waals surface area contributed by atoms with Crippen LogP contribution >= 0.6 is 0 Å². The molecule has 1 aromatic heterocycles. The van der Waals surface area contributed by atoms with Crippen molar-refractivity contribution < 1.29 is 14.0 Å². The lowest BCUT2D eigenvalue weighted by molar-refractivity contribution is 0.00578. The van der Waals surface area contributed by atoms with E-state index in [1.165, 1.54) is 0 Å². The summed E-state index contributed by atoms with van der Waals surface area (Å²) >= 11 is 0. The minimum Gasteiger partial charge on any atom is -0.497 e. The number of rotatable bonds is 4. The minimum absolute atomic E-state index is 0.364. The van der Waals surface area contributed by atoms with Crippen molar-refractivity contribution in [2.45, 2.75) is 58.5 Å². The maximum atomic E-state index is 6.30. The van der Waals surface area contributed by atoms with E-state index in [-0.39, 0.29) is 11.2 Å². The Morgan fingerprint density at radius 2 is 1.54 bits per heavy atom. The van der Waals surface area contributed by atoms with E-state index < -0.39 is 15.2 Å². The summed E-state index contributed by atoms with van der Waals surface area (Å²) in [5, 5.41) is 6.04. The van der Waals surface area contributed by atoms with Crippen LogP contribution in [0.1, 0.15) is 27.7 Å². The topological polar surface area (TPSA) is 45.5 Å². The van der Waals surface area contributed by atoms with Gasteiger partial charge in [-0.15, -0.1) is 0 Å². The third-order valence-corrected chi connectivity index (χ3v) is 7.11. The molecular weight excluding hydrogens is 343 g/mol. The lowest BCUT2D eigenvalue weighted by Crippen LogP contribution is -2.53. The largest absolute Gasteiger partial charge is 0.497 e. The molecule has 0 saturated carbocycles. The van der Waals surface area contributed by atoms with E-state index in [4.69, 9.17) is 19.1 Å². The van der Waals surface area contributed by atoms with Crippen LogP contribution in [-0.4, -0.2) is 43.3 Å². The molecule has 1 aliphatic rings. The highest BCUT2D eigenvalue weighted by atomic mass is 28.3. The molecule has 2 aromatic rings. The zero-order valence-corrected chi connectivity index (χ0v) is 18.1. The second-order valence-corrected chi connectivity index (χ2v) is 13.9. The van der Waals surface area contributed by atoms with E-state index in [0.717, 1.165) is 22.2 Å². The highest BCUT2D eigenvalue weighted by Crippen LogP contribution is 2.36. The minimum atomic E-state index is -1.68. The maximum absolute atomic E-state index is 6.30. The van der Waals surface area contributed by atoms with Gasteiger partial charge in [0.2, 0.25) is 0 Å². The van der Waals surface area contributed by atoms with Crippen LogP contribution < -0.4 is 15.5 Å². The Morgan fingerprint density at radius 3 is 2.00 bits per heavy atom. The normalized spacial score (nSPS) is 19.0. The van der Waals surface area contributed by atoms with Gasteiger partial charge in [-0.1, -0.05) is 19.6 Å². The van der Waals surface area contributed by atoms with E-state index in [1.54, 1.807) is 7.11 Å². The number of hydrogen-bond donors (Lipinski definition) is 0. The Hall–Kier alpha value is -1.57. The average molecular weight is 372 g/mol. The van der Waals surface area contributed by atoms with Crippen LogP contribution in [0.3, 0.4) is 0 Å². The summed E-state index contributed by atoms with van der Waals surface area (Å²) < 4.78 is 19.8. The smallest absolute Gasteiger partial charge is 0.497 e. The third kappa shape index (κ3) is 3.35. The van der Waals surface area contributed by atoms with Crippen molar-refractivity contribution in [1.82, 2.24) is 9.78 Å². The Balaban J connectivity index is 2.03. The Labute approximate surface area is 157 Å². The summed E-state index contributed by atoms with van der Waals surface area (Å²) in [5.41, 5.74) is 1.30. The van der Waals surface area contributed by atoms with Gasteiger partial charge >= 0.3 is 7.12 Å². The van der Waals surface area contributed by atoms with Gasteiger partial charge in [-0.3, -0.25) is 0 Å². The quantitative estimate of drug-likeness (QED) is 0.775. The Kier molecular flexibility index (Phi) is 4.62. The van der Waals surface area contributed by atoms with Crippen LogP contribution in [0.5, 0.6) is 5.75 Å². The molecule has 2 heterocycles. The molecule has 140 valence electrons. The van der Waals surface area contributed by atoms with Crippen LogP contribution in [0.15, 0.2) is 30.5 Å². The first-order valence-corrected chi connectivity index (χ1v) is 12.5. The zero-order valence-electron chi connectivity index (χ0n) is 17.1. The molecular formula is C19H29BN2O3Si. The van der Waals surface area contributed by atoms with E-state index in [2.05, 4.69) is 53.5 Å². The first-order chi connectivity index (χ1) is 11.9. The van der Waals surface area contributed by atoms with Crippen molar-refractivity contribution >= 4 is 26.0 Å².